The Morgan fingerprint density at radius 2 is 2.07 bits per heavy atom. The summed E-state index contributed by atoms with van der Waals surface area (Å²) in [5.74, 6) is -0.948. The van der Waals surface area contributed by atoms with E-state index in [4.69, 9.17) is 4.42 Å². The van der Waals surface area contributed by atoms with Gasteiger partial charge in [0, 0.05) is 18.9 Å². The number of aliphatic hydroxyl groups excluding tert-OH is 1. The molecule has 1 amide bonds. The minimum atomic E-state index is -0.647. The quantitative estimate of drug-likeness (QED) is 0.708. The van der Waals surface area contributed by atoms with Crippen molar-refractivity contribution in [3.8, 4) is 0 Å². The van der Waals surface area contributed by atoms with Crippen LogP contribution in [0.1, 0.15) is 23.8 Å². The van der Waals surface area contributed by atoms with Gasteiger partial charge in [-0.3, -0.25) is 14.6 Å². The highest BCUT2D eigenvalue weighted by Crippen LogP contribution is 2.37. The van der Waals surface area contributed by atoms with Crippen molar-refractivity contribution in [3.05, 3.63) is 71.7 Å². The fourth-order valence-electron chi connectivity index (χ4n) is 3.22. The Kier molecular flexibility index (Phi) is 6.06. The number of amides is 1. The SMILES string of the molecule is CN(C)CCCN1C(=O)C(O)=C(C(=O)/C=C/c2ccco2)C1c1ccncc1. The minimum Gasteiger partial charge on any atom is -0.503 e. The first-order chi connectivity index (χ1) is 13.5. The van der Waals surface area contributed by atoms with Crippen LogP contribution < -0.4 is 0 Å². The van der Waals surface area contributed by atoms with E-state index in [2.05, 4.69) is 4.98 Å². The molecule has 0 aliphatic carbocycles. The molecule has 0 saturated carbocycles. The van der Waals surface area contributed by atoms with Gasteiger partial charge in [-0.1, -0.05) is 0 Å². The number of furan rings is 1. The summed E-state index contributed by atoms with van der Waals surface area (Å²) in [6.45, 7) is 1.21. The van der Waals surface area contributed by atoms with Gasteiger partial charge in [0.2, 0.25) is 0 Å². The summed E-state index contributed by atoms with van der Waals surface area (Å²) >= 11 is 0. The van der Waals surface area contributed by atoms with Crippen LogP contribution in [0.4, 0.5) is 0 Å². The van der Waals surface area contributed by atoms with Gasteiger partial charge in [-0.2, -0.15) is 0 Å². The van der Waals surface area contributed by atoms with Crippen molar-refractivity contribution >= 4 is 17.8 Å². The average molecular weight is 381 g/mol. The predicted molar refractivity (Wildman–Crippen MR) is 104 cm³/mol. The maximum Gasteiger partial charge on any atom is 0.290 e. The Morgan fingerprint density at radius 1 is 1.32 bits per heavy atom. The standard InChI is InChI=1S/C21H23N3O4/c1-23(2)12-4-13-24-19(15-8-10-22-11-9-15)18(20(26)21(24)27)17(25)7-6-16-5-3-14-28-16/h3,5-11,14,19,26H,4,12-13H2,1-2H3/b7-6+. The van der Waals surface area contributed by atoms with Crippen molar-refractivity contribution in [2.75, 3.05) is 27.2 Å². The maximum atomic E-state index is 12.9. The lowest BCUT2D eigenvalue weighted by atomic mass is 9.96. The number of ketones is 1. The Labute approximate surface area is 163 Å². The van der Waals surface area contributed by atoms with Gasteiger partial charge in [0.1, 0.15) is 5.76 Å². The number of hydrogen-bond acceptors (Lipinski definition) is 6. The number of carbonyl (C=O) groups excluding carboxylic acids is 2. The third-order valence-corrected chi connectivity index (χ3v) is 4.54. The molecule has 0 radical (unpaired) electrons. The Hall–Kier alpha value is -3.19. The number of hydrogen-bond donors (Lipinski definition) is 1. The molecule has 3 rings (SSSR count). The maximum absolute atomic E-state index is 12.9. The van der Waals surface area contributed by atoms with Gasteiger partial charge in [0.25, 0.3) is 5.91 Å². The van der Waals surface area contributed by atoms with Gasteiger partial charge in [-0.25, -0.2) is 0 Å². The van der Waals surface area contributed by atoms with Crippen LogP contribution in [0.3, 0.4) is 0 Å². The topological polar surface area (TPSA) is 86.9 Å². The molecule has 0 fully saturated rings. The van der Waals surface area contributed by atoms with Crippen molar-refractivity contribution < 1.29 is 19.1 Å². The molecule has 1 aliphatic rings. The lowest BCUT2D eigenvalue weighted by Crippen LogP contribution is -2.33. The summed E-state index contributed by atoms with van der Waals surface area (Å²) in [7, 11) is 3.91. The number of aromatic nitrogens is 1. The van der Waals surface area contributed by atoms with E-state index in [-0.39, 0.29) is 5.57 Å². The van der Waals surface area contributed by atoms with Gasteiger partial charge in [0.05, 0.1) is 17.9 Å². The first kappa shape index (κ1) is 19.6. The van der Waals surface area contributed by atoms with Crippen LogP contribution >= 0.6 is 0 Å². The van der Waals surface area contributed by atoms with Crippen LogP contribution in [-0.4, -0.2) is 58.8 Å². The first-order valence-electron chi connectivity index (χ1n) is 9.03. The summed E-state index contributed by atoms with van der Waals surface area (Å²) < 4.78 is 5.19. The molecule has 0 bridgehead atoms. The van der Waals surface area contributed by atoms with E-state index in [1.54, 1.807) is 41.6 Å². The van der Waals surface area contributed by atoms with Crippen LogP contribution in [-0.2, 0) is 9.59 Å². The van der Waals surface area contributed by atoms with Gasteiger partial charge >= 0.3 is 0 Å². The molecule has 2 aromatic heterocycles. The molecule has 0 saturated heterocycles. The van der Waals surface area contributed by atoms with Crippen molar-refractivity contribution in [2.24, 2.45) is 0 Å². The van der Waals surface area contributed by atoms with Crippen molar-refractivity contribution in [1.82, 2.24) is 14.8 Å². The summed E-state index contributed by atoms with van der Waals surface area (Å²) in [6.07, 6.45) is 8.27. The number of aliphatic hydroxyl groups is 1. The molecule has 3 heterocycles. The normalized spacial score (nSPS) is 17.3. The largest absolute Gasteiger partial charge is 0.503 e. The molecular formula is C21H23N3O4. The van der Waals surface area contributed by atoms with Gasteiger partial charge in [-0.05, 0) is 69.0 Å². The van der Waals surface area contributed by atoms with Crippen LogP contribution in [0.5, 0.6) is 0 Å². The van der Waals surface area contributed by atoms with Gasteiger partial charge in [-0.15, -0.1) is 0 Å². The Bertz CT molecular complexity index is 886. The third kappa shape index (κ3) is 4.20. The number of carbonyl (C=O) groups is 2. The van der Waals surface area contributed by atoms with E-state index in [0.717, 1.165) is 18.5 Å². The van der Waals surface area contributed by atoms with Crippen molar-refractivity contribution in [3.63, 3.8) is 0 Å². The molecule has 7 nitrogen and oxygen atoms in total. The molecule has 1 N–H and O–H groups in total. The molecule has 1 aliphatic heterocycles. The molecule has 0 spiro atoms. The van der Waals surface area contributed by atoms with Crippen LogP contribution in [0.15, 0.2) is 64.7 Å². The summed E-state index contributed by atoms with van der Waals surface area (Å²) in [4.78, 5) is 33.1. The highest BCUT2D eigenvalue weighted by Gasteiger charge is 2.42. The minimum absolute atomic E-state index is 0.0730. The Balaban J connectivity index is 1.91. The predicted octanol–water partition coefficient (Wildman–Crippen LogP) is 2.60. The zero-order chi connectivity index (χ0) is 20.1. The zero-order valence-corrected chi connectivity index (χ0v) is 15.9. The Morgan fingerprint density at radius 3 is 2.71 bits per heavy atom. The molecular weight excluding hydrogens is 358 g/mol. The number of allylic oxidation sites excluding steroid dienone is 1. The fourth-order valence-corrected chi connectivity index (χ4v) is 3.22. The second-order valence-electron chi connectivity index (χ2n) is 6.81. The average Bonchev–Trinajstić information content (AvgIpc) is 3.29. The second kappa shape index (κ2) is 8.67. The fraction of sp³-hybridized carbons (Fsp3) is 0.286. The monoisotopic (exact) mass is 381 g/mol. The van der Waals surface area contributed by atoms with E-state index in [1.807, 2.05) is 19.0 Å². The van der Waals surface area contributed by atoms with Gasteiger partial charge < -0.3 is 19.3 Å². The van der Waals surface area contributed by atoms with E-state index in [0.29, 0.717) is 12.3 Å². The number of nitrogens with zero attached hydrogens (tertiary/aromatic N) is 3. The number of pyridine rings is 1. The molecule has 28 heavy (non-hydrogen) atoms. The molecule has 7 heteroatoms. The zero-order valence-electron chi connectivity index (χ0n) is 15.9. The number of rotatable bonds is 8. The third-order valence-electron chi connectivity index (χ3n) is 4.54. The second-order valence-corrected chi connectivity index (χ2v) is 6.81. The van der Waals surface area contributed by atoms with Crippen LogP contribution in [0.2, 0.25) is 0 Å². The first-order valence-corrected chi connectivity index (χ1v) is 9.03. The highest BCUT2D eigenvalue weighted by atomic mass is 16.3. The van der Waals surface area contributed by atoms with E-state index in [1.165, 1.54) is 18.4 Å². The van der Waals surface area contributed by atoms with Crippen LogP contribution in [0.25, 0.3) is 6.08 Å². The lowest BCUT2D eigenvalue weighted by molar-refractivity contribution is -0.129. The highest BCUT2D eigenvalue weighted by molar-refractivity contribution is 6.14. The molecule has 146 valence electrons. The smallest absolute Gasteiger partial charge is 0.290 e. The van der Waals surface area contributed by atoms with Gasteiger partial charge in [0.15, 0.2) is 11.5 Å². The lowest BCUT2D eigenvalue weighted by Gasteiger charge is -2.27. The summed E-state index contributed by atoms with van der Waals surface area (Å²) in [6, 6.07) is 6.28. The van der Waals surface area contributed by atoms with Crippen molar-refractivity contribution in [2.45, 2.75) is 12.5 Å². The molecule has 1 unspecified atom stereocenters. The van der Waals surface area contributed by atoms with E-state index in [9.17, 15) is 14.7 Å². The van der Waals surface area contributed by atoms with E-state index >= 15 is 0 Å². The summed E-state index contributed by atoms with van der Waals surface area (Å²) in [5, 5.41) is 10.5. The molecule has 1 atom stereocenters. The summed E-state index contributed by atoms with van der Waals surface area (Å²) in [5.41, 5.74) is 0.802. The molecule has 0 aromatic carbocycles. The van der Waals surface area contributed by atoms with Crippen LogP contribution in [0, 0.1) is 0 Å². The van der Waals surface area contributed by atoms with E-state index < -0.39 is 23.5 Å². The van der Waals surface area contributed by atoms with Crippen molar-refractivity contribution in [1.29, 1.82) is 0 Å². The molecule has 2 aromatic rings.